The fraction of sp³-hybridized carbons (Fsp3) is 0.176. The number of carbonyl (C=O) groups is 1. The van der Waals surface area contributed by atoms with Crippen molar-refractivity contribution >= 4 is 17.7 Å². The maximum absolute atomic E-state index is 10.9. The number of thioether (sulfide) groups is 1. The zero-order chi connectivity index (χ0) is 16.9. The van der Waals surface area contributed by atoms with Gasteiger partial charge in [0.15, 0.2) is 11.0 Å². The van der Waals surface area contributed by atoms with Crippen LogP contribution in [-0.4, -0.2) is 36.6 Å². The Morgan fingerprint density at radius 1 is 1.21 bits per heavy atom. The topological polar surface area (TPSA) is 80.9 Å². The second kappa shape index (κ2) is 7.27. The van der Waals surface area contributed by atoms with Crippen LogP contribution in [0.5, 0.6) is 0 Å². The van der Waals surface area contributed by atoms with Crippen LogP contribution in [0.2, 0.25) is 0 Å². The lowest BCUT2D eigenvalue weighted by atomic mass is 10.1. The van der Waals surface area contributed by atoms with Crippen molar-refractivity contribution in [2.24, 2.45) is 0 Å². The van der Waals surface area contributed by atoms with Gasteiger partial charge in [0.1, 0.15) is 0 Å². The maximum Gasteiger partial charge on any atom is 0.313 e. The summed E-state index contributed by atoms with van der Waals surface area (Å²) >= 11 is 1.15. The van der Waals surface area contributed by atoms with Gasteiger partial charge >= 0.3 is 5.97 Å². The summed E-state index contributed by atoms with van der Waals surface area (Å²) in [6.45, 7) is 2.08. The van der Waals surface area contributed by atoms with Crippen LogP contribution < -0.4 is 0 Å². The molecule has 6 nitrogen and oxygen atoms in total. The highest BCUT2D eigenvalue weighted by Crippen LogP contribution is 2.29. The molecule has 0 bridgehead atoms. The number of aryl methyl sites for hydroxylation is 1. The number of para-hydroxylation sites is 1. The van der Waals surface area contributed by atoms with Crippen molar-refractivity contribution in [3.63, 3.8) is 0 Å². The molecule has 3 aromatic rings. The molecule has 0 radical (unpaired) electrons. The van der Waals surface area contributed by atoms with Crippen LogP contribution in [-0.2, 0) is 11.2 Å². The third kappa shape index (κ3) is 3.30. The zero-order valence-electron chi connectivity index (χ0n) is 13.1. The average molecular weight is 340 g/mol. The highest BCUT2D eigenvalue weighted by molar-refractivity contribution is 7.99. The summed E-state index contributed by atoms with van der Waals surface area (Å²) in [6.07, 6.45) is 4.27. The molecule has 0 atom stereocenters. The van der Waals surface area contributed by atoms with E-state index in [1.807, 2.05) is 41.0 Å². The molecular formula is C17H16N4O2S. The van der Waals surface area contributed by atoms with Crippen LogP contribution in [0.1, 0.15) is 12.5 Å². The van der Waals surface area contributed by atoms with Crippen LogP contribution in [0.15, 0.2) is 53.9 Å². The number of hydrogen-bond donors (Lipinski definition) is 1. The van der Waals surface area contributed by atoms with Crippen molar-refractivity contribution < 1.29 is 9.90 Å². The molecule has 0 unspecified atom stereocenters. The van der Waals surface area contributed by atoms with Crippen molar-refractivity contribution in [2.75, 3.05) is 5.75 Å². The van der Waals surface area contributed by atoms with E-state index in [1.54, 1.807) is 12.4 Å². The highest BCUT2D eigenvalue weighted by Gasteiger charge is 2.18. The molecule has 3 rings (SSSR count). The lowest BCUT2D eigenvalue weighted by molar-refractivity contribution is -0.133. The molecule has 0 amide bonds. The van der Waals surface area contributed by atoms with Crippen molar-refractivity contribution in [1.82, 2.24) is 19.7 Å². The maximum atomic E-state index is 10.9. The highest BCUT2D eigenvalue weighted by atomic mass is 32.2. The smallest absolute Gasteiger partial charge is 0.313 e. The van der Waals surface area contributed by atoms with Crippen LogP contribution in [0.3, 0.4) is 0 Å². The Kier molecular flexibility index (Phi) is 4.90. The average Bonchev–Trinajstić information content (AvgIpc) is 3.04. The Labute approximate surface area is 143 Å². The summed E-state index contributed by atoms with van der Waals surface area (Å²) in [5.74, 6) is -0.308. The summed E-state index contributed by atoms with van der Waals surface area (Å²) in [4.78, 5) is 15.1. The summed E-state index contributed by atoms with van der Waals surface area (Å²) in [6, 6.07) is 11.7. The molecule has 0 saturated heterocycles. The second-order valence-electron chi connectivity index (χ2n) is 5.05. The van der Waals surface area contributed by atoms with E-state index < -0.39 is 5.97 Å². The van der Waals surface area contributed by atoms with Crippen molar-refractivity contribution in [3.05, 3.63) is 54.4 Å². The van der Waals surface area contributed by atoms with Gasteiger partial charge in [-0.2, -0.15) is 0 Å². The van der Waals surface area contributed by atoms with Gasteiger partial charge in [-0.05, 0) is 30.2 Å². The lowest BCUT2D eigenvalue weighted by Gasteiger charge is -2.13. The molecule has 122 valence electrons. The van der Waals surface area contributed by atoms with Gasteiger partial charge in [-0.25, -0.2) is 0 Å². The molecule has 0 aliphatic carbocycles. The largest absolute Gasteiger partial charge is 0.481 e. The SMILES string of the molecule is CCc1ccccc1-n1c(SCC(=O)O)nnc1-c1cccnc1. The normalized spacial score (nSPS) is 10.7. The van der Waals surface area contributed by atoms with Gasteiger partial charge in [0, 0.05) is 18.0 Å². The Morgan fingerprint density at radius 3 is 2.75 bits per heavy atom. The number of carboxylic acid groups (broad SMARTS) is 1. The van der Waals surface area contributed by atoms with Gasteiger partial charge in [0.25, 0.3) is 0 Å². The van der Waals surface area contributed by atoms with E-state index in [1.165, 1.54) is 0 Å². The van der Waals surface area contributed by atoms with Crippen LogP contribution in [0.4, 0.5) is 0 Å². The minimum Gasteiger partial charge on any atom is -0.481 e. The van der Waals surface area contributed by atoms with Gasteiger partial charge in [-0.3, -0.25) is 14.3 Å². The van der Waals surface area contributed by atoms with Crippen LogP contribution in [0, 0.1) is 0 Å². The minimum absolute atomic E-state index is 0.0700. The Morgan fingerprint density at radius 2 is 2.04 bits per heavy atom. The molecule has 0 aliphatic rings. The number of benzene rings is 1. The van der Waals surface area contributed by atoms with Crippen LogP contribution >= 0.6 is 11.8 Å². The van der Waals surface area contributed by atoms with Crippen molar-refractivity contribution in [1.29, 1.82) is 0 Å². The van der Waals surface area contributed by atoms with E-state index in [2.05, 4.69) is 22.1 Å². The summed E-state index contributed by atoms with van der Waals surface area (Å²) in [5.41, 5.74) is 2.93. The van der Waals surface area contributed by atoms with Gasteiger partial charge in [-0.15, -0.1) is 10.2 Å². The van der Waals surface area contributed by atoms with Gasteiger partial charge < -0.3 is 5.11 Å². The number of pyridine rings is 1. The molecule has 1 aromatic carbocycles. The van der Waals surface area contributed by atoms with Gasteiger partial charge in [0.05, 0.1) is 11.4 Å². The molecule has 0 fully saturated rings. The number of hydrogen-bond acceptors (Lipinski definition) is 5. The van der Waals surface area contributed by atoms with E-state index >= 15 is 0 Å². The Hall–Kier alpha value is -2.67. The summed E-state index contributed by atoms with van der Waals surface area (Å²) in [7, 11) is 0. The number of rotatable bonds is 6. The van der Waals surface area contributed by atoms with Crippen molar-refractivity contribution in [3.8, 4) is 17.1 Å². The molecule has 24 heavy (non-hydrogen) atoms. The Balaban J connectivity index is 2.16. The second-order valence-corrected chi connectivity index (χ2v) is 5.99. The lowest BCUT2D eigenvalue weighted by Crippen LogP contribution is -2.05. The first-order valence-corrected chi connectivity index (χ1v) is 8.48. The van der Waals surface area contributed by atoms with Gasteiger partial charge in [0.2, 0.25) is 0 Å². The predicted molar refractivity (Wildman–Crippen MR) is 92.3 cm³/mol. The summed E-state index contributed by atoms with van der Waals surface area (Å²) < 4.78 is 1.91. The third-order valence-corrected chi connectivity index (χ3v) is 4.40. The third-order valence-electron chi connectivity index (χ3n) is 3.49. The Bertz CT molecular complexity index is 849. The van der Waals surface area contributed by atoms with Crippen molar-refractivity contribution in [2.45, 2.75) is 18.5 Å². The fourth-order valence-corrected chi connectivity index (χ4v) is 3.08. The van der Waals surface area contributed by atoms with E-state index in [-0.39, 0.29) is 5.75 Å². The first-order chi connectivity index (χ1) is 11.7. The molecule has 0 spiro atoms. The molecule has 1 N–H and O–H groups in total. The standard InChI is InChI=1S/C17H16N4O2S/c1-2-12-6-3-4-8-14(12)21-16(13-7-5-9-18-10-13)19-20-17(21)24-11-15(22)23/h3-10H,2,11H2,1H3,(H,22,23). The molecule has 2 heterocycles. The van der Waals surface area contributed by atoms with Crippen LogP contribution in [0.25, 0.3) is 17.1 Å². The number of aliphatic carboxylic acids is 1. The number of nitrogens with zero attached hydrogens (tertiary/aromatic N) is 4. The number of aromatic nitrogens is 4. The quantitative estimate of drug-likeness (QED) is 0.695. The monoisotopic (exact) mass is 340 g/mol. The summed E-state index contributed by atoms with van der Waals surface area (Å²) in [5, 5.41) is 18.0. The molecular weight excluding hydrogens is 324 g/mol. The van der Waals surface area contributed by atoms with E-state index in [0.717, 1.165) is 35.0 Å². The first kappa shape index (κ1) is 16.2. The molecule has 0 saturated carbocycles. The minimum atomic E-state index is -0.888. The van der Waals surface area contributed by atoms with E-state index in [4.69, 9.17) is 5.11 Å². The van der Waals surface area contributed by atoms with Gasteiger partial charge in [-0.1, -0.05) is 36.9 Å². The predicted octanol–water partition coefficient (Wildman–Crippen LogP) is 3.07. The first-order valence-electron chi connectivity index (χ1n) is 7.49. The zero-order valence-corrected chi connectivity index (χ0v) is 13.9. The van der Waals surface area contributed by atoms with E-state index in [9.17, 15) is 4.79 Å². The molecule has 7 heteroatoms. The number of carboxylic acids is 1. The molecule has 2 aromatic heterocycles. The van der Waals surface area contributed by atoms with E-state index in [0.29, 0.717) is 11.0 Å². The molecule has 0 aliphatic heterocycles. The fourth-order valence-electron chi connectivity index (χ4n) is 2.42.